The number of aromatic nitrogens is 1. The monoisotopic (exact) mass is 330 g/mol. The van der Waals surface area contributed by atoms with Crippen molar-refractivity contribution >= 4 is 0 Å². The highest BCUT2D eigenvalue weighted by molar-refractivity contribution is 5.22. The highest BCUT2D eigenvalue weighted by Gasteiger charge is 2.33. The van der Waals surface area contributed by atoms with E-state index in [1.165, 1.54) is 0 Å². The summed E-state index contributed by atoms with van der Waals surface area (Å²) >= 11 is 0. The van der Waals surface area contributed by atoms with E-state index in [-0.39, 0.29) is 12.0 Å². The first-order valence-corrected chi connectivity index (χ1v) is 8.67. The predicted molar refractivity (Wildman–Crippen MR) is 91.9 cm³/mol. The average Bonchev–Trinajstić information content (AvgIpc) is 2.91. The second-order valence-electron chi connectivity index (χ2n) is 6.58. The molecule has 2 aromatic rings. The predicted octanol–water partition coefficient (Wildman–Crippen LogP) is 2.99. The number of hydrogen-bond donors (Lipinski definition) is 2. The lowest BCUT2D eigenvalue weighted by Gasteiger charge is -2.35. The van der Waals surface area contributed by atoms with Crippen molar-refractivity contribution in [2.24, 2.45) is 5.92 Å². The van der Waals surface area contributed by atoms with Crippen LogP contribution in [0.5, 0.6) is 5.75 Å². The summed E-state index contributed by atoms with van der Waals surface area (Å²) in [7, 11) is 0. The van der Waals surface area contributed by atoms with Gasteiger partial charge in [-0.05, 0) is 45.2 Å². The normalized spacial score (nSPS) is 24.0. The Morgan fingerprint density at radius 3 is 2.75 bits per heavy atom. The molecular weight excluding hydrogens is 304 g/mol. The maximum absolute atomic E-state index is 10.7. The Morgan fingerprint density at radius 1 is 1.25 bits per heavy atom. The van der Waals surface area contributed by atoms with Crippen LogP contribution in [0.25, 0.3) is 0 Å². The molecule has 1 fully saturated rings. The number of nitrogens with one attached hydrogen (secondary N) is 1. The van der Waals surface area contributed by atoms with Crippen LogP contribution in [0, 0.1) is 19.8 Å². The highest BCUT2D eigenvalue weighted by atomic mass is 16.5. The van der Waals surface area contributed by atoms with Gasteiger partial charge in [0.2, 0.25) is 0 Å². The van der Waals surface area contributed by atoms with Crippen molar-refractivity contribution in [2.75, 3.05) is 6.54 Å². The maximum Gasteiger partial charge on any atom is 0.138 e. The van der Waals surface area contributed by atoms with Gasteiger partial charge in [-0.25, -0.2) is 0 Å². The van der Waals surface area contributed by atoms with Crippen LogP contribution in [0.1, 0.15) is 36.3 Å². The highest BCUT2D eigenvalue weighted by Crippen LogP contribution is 2.28. The lowest BCUT2D eigenvalue weighted by atomic mass is 9.84. The van der Waals surface area contributed by atoms with E-state index in [4.69, 9.17) is 9.26 Å². The summed E-state index contributed by atoms with van der Waals surface area (Å²) in [6, 6.07) is 9.74. The van der Waals surface area contributed by atoms with Crippen LogP contribution in [0.2, 0.25) is 0 Å². The van der Waals surface area contributed by atoms with Crippen molar-refractivity contribution in [2.45, 2.75) is 51.9 Å². The van der Waals surface area contributed by atoms with Gasteiger partial charge in [0.1, 0.15) is 17.6 Å². The number of nitrogens with zero attached hydrogens (tertiary/aromatic N) is 1. The van der Waals surface area contributed by atoms with Crippen molar-refractivity contribution in [3.05, 3.63) is 47.3 Å². The first-order valence-electron chi connectivity index (χ1n) is 8.67. The molecule has 130 valence electrons. The van der Waals surface area contributed by atoms with E-state index in [0.29, 0.717) is 6.54 Å². The molecule has 5 nitrogen and oxygen atoms in total. The second kappa shape index (κ2) is 7.81. The van der Waals surface area contributed by atoms with Crippen LogP contribution in [0.3, 0.4) is 0 Å². The SMILES string of the molecule is Cc1noc(C)c1CNC[C@H]1CCC[C@@H](Oc2ccccc2)[C@@H]1O. The maximum atomic E-state index is 10.7. The number of aliphatic hydroxyl groups excluding tert-OH is 1. The van der Waals surface area contributed by atoms with Gasteiger partial charge >= 0.3 is 0 Å². The smallest absolute Gasteiger partial charge is 0.138 e. The van der Waals surface area contributed by atoms with Gasteiger partial charge in [-0.1, -0.05) is 23.4 Å². The number of rotatable bonds is 6. The zero-order valence-corrected chi connectivity index (χ0v) is 14.4. The summed E-state index contributed by atoms with van der Waals surface area (Å²) in [5.74, 6) is 1.88. The molecule has 0 radical (unpaired) electrons. The first-order chi connectivity index (χ1) is 11.6. The lowest BCUT2D eigenvalue weighted by Crippen LogP contribution is -2.44. The number of ether oxygens (including phenoxy) is 1. The van der Waals surface area contributed by atoms with E-state index in [9.17, 15) is 5.11 Å². The molecule has 2 N–H and O–H groups in total. The van der Waals surface area contributed by atoms with E-state index >= 15 is 0 Å². The molecule has 1 aromatic heterocycles. The molecule has 0 bridgehead atoms. The van der Waals surface area contributed by atoms with Crippen LogP contribution in [0.4, 0.5) is 0 Å². The third kappa shape index (κ3) is 3.97. The standard InChI is InChI=1S/C19H26N2O3/c1-13-17(14(2)24-21-13)12-20-11-15-7-6-10-18(19(15)22)23-16-8-4-3-5-9-16/h3-5,8-9,15,18-20,22H,6-7,10-12H2,1-2H3/t15-,18-,19-/m1/s1. The van der Waals surface area contributed by atoms with Gasteiger partial charge in [0.15, 0.2) is 0 Å². The number of para-hydroxylation sites is 1. The Labute approximate surface area is 143 Å². The second-order valence-corrected chi connectivity index (χ2v) is 6.58. The molecule has 1 saturated carbocycles. The zero-order valence-electron chi connectivity index (χ0n) is 14.4. The van der Waals surface area contributed by atoms with Crippen LogP contribution in [-0.2, 0) is 6.54 Å². The summed E-state index contributed by atoms with van der Waals surface area (Å²) in [5, 5.41) is 18.1. The van der Waals surface area contributed by atoms with Gasteiger partial charge in [-0.15, -0.1) is 0 Å². The number of aliphatic hydroxyl groups is 1. The van der Waals surface area contributed by atoms with Gasteiger partial charge in [0, 0.05) is 24.6 Å². The summed E-state index contributed by atoms with van der Waals surface area (Å²) in [5.41, 5.74) is 2.03. The molecular formula is C19H26N2O3. The van der Waals surface area contributed by atoms with E-state index < -0.39 is 6.10 Å². The molecule has 0 aliphatic heterocycles. The molecule has 1 aliphatic carbocycles. The first kappa shape index (κ1) is 17.0. The molecule has 1 aromatic carbocycles. The molecule has 1 aliphatic rings. The van der Waals surface area contributed by atoms with E-state index in [0.717, 1.165) is 48.6 Å². The quantitative estimate of drug-likeness (QED) is 0.852. The fraction of sp³-hybridized carbons (Fsp3) is 0.526. The van der Waals surface area contributed by atoms with Gasteiger partial charge in [-0.2, -0.15) is 0 Å². The summed E-state index contributed by atoms with van der Waals surface area (Å²) < 4.78 is 11.2. The Kier molecular flexibility index (Phi) is 5.53. The molecule has 5 heteroatoms. The number of hydrogen-bond acceptors (Lipinski definition) is 5. The third-order valence-corrected chi connectivity index (χ3v) is 4.85. The average molecular weight is 330 g/mol. The Hall–Kier alpha value is -1.85. The topological polar surface area (TPSA) is 67.5 Å². The van der Waals surface area contributed by atoms with E-state index in [1.807, 2.05) is 44.2 Å². The van der Waals surface area contributed by atoms with Crippen LogP contribution >= 0.6 is 0 Å². The van der Waals surface area contributed by atoms with Gasteiger partial charge < -0.3 is 19.7 Å². The Bertz CT molecular complexity index is 622. The van der Waals surface area contributed by atoms with Crippen LogP contribution in [-0.4, -0.2) is 29.0 Å². The van der Waals surface area contributed by atoms with Crippen LogP contribution < -0.4 is 10.1 Å². The van der Waals surface area contributed by atoms with Crippen molar-refractivity contribution in [3.63, 3.8) is 0 Å². The van der Waals surface area contributed by atoms with Crippen LogP contribution in [0.15, 0.2) is 34.9 Å². The fourth-order valence-corrected chi connectivity index (χ4v) is 3.39. The van der Waals surface area contributed by atoms with E-state index in [2.05, 4.69) is 10.5 Å². The molecule has 0 amide bonds. The molecule has 1 heterocycles. The third-order valence-electron chi connectivity index (χ3n) is 4.85. The molecule has 0 spiro atoms. The minimum Gasteiger partial charge on any atom is -0.488 e. The van der Waals surface area contributed by atoms with Gasteiger partial charge in [0.05, 0.1) is 11.8 Å². The van der Waals surface area contributed by atoms with Gasteiger partial charge in [0.25, 0.3) is 0 Å². The zero-order chi connectivity index (χ0) is 16.9. The molecule has 3 rings (SSSR count). The Morgan fingerprint density at radius 2 is 2.04 bits per heavy atom. The molecule has 24 heavy (non-hydrogen) atoms. The van der Waals surface area contributed by atoms with Crippen molar-refractivity contribution < 1.29 is 14.4 Å². The molecule has 3 atom stereocenters. The minimum absolute atomic E-state index is 0.132. The summed E-state index contributed by atoms with van der Waals surface area (Å²) in [4.78, 5) is 0. The fourth-order valence-electron chi connectivity index (χ4n) is 3.39. The van der Waals surface area contributed by atoms with Gasteiger partial charge in [-0.3, -0.25) is 0 Å². The lowest BCUT2D eigenvalue weighted by molar-refractivity contribution is -0.0306. The summed E-state index contributed by atoms with van der Waals surface area (Å²) in [6.07, 6.45) is 2.41. The number of benzene rings is 1. The molecule has 0 unspecified atom stereocenters. The van der Waals surface area contributed by atoms with Crippen molar-refractivity contribution in [3.8, 4) is 5.75 Å². The molecule has 0 saturated heterocycles. The Balaban J connectivity index is 1.52. The number of aryl methyl sites for hydroxylation is 2. The van der Waals surface area contributed by atoms with Crippen molar-refractivity contribution in [1.29, 1.82) is 0 Å². The van der Waals surface area contributed by atoms with E-state index in [1.54, 1.807) is 0 Å². The minimum atomic E-state index is -0.448. The van der Waals surface area contributed by atoms with Crippen molar-refractivity contribution in [1.82, 2.24) is 10.5 Å². The summed E-state index contributed by atoms with van der Waals surface area (Å²) in [6.45, 7) is 5.36. The largest absolute Gasteiger partial charge is 0.488 e.